The lowest BCUT2D eigenvalue weighted by Gasteiger charge is -2.28. The first-order valence-electron chi connectivity index (χ1n) is 13.2. The average Bonchev–Trinajstić information content (AvgIpc) is 2.94. The van der Waals surface area contributed by atoms with Crippen molar-refractivity contribution in [1.82, 2.24) is 9.80 Å². The van der Waals surface area contributed by atoms with Crippen LogP contribution in [0, 0.1) is 11.8 Å². The van der Waals surface area contributed by atoms with Gasteiger partial charge in [0.1, 0.15) is 11.5 Å². The average molecular weight is 497 g/mol. The summed E-state index contributed by atoms with van der Waals surface area (Å²) in [6, 6.07) is 14.7. The number of benzene rings is 2. The van der Waals surface area contributed by atoms with Gasteiger partial charge < -0.3 is 19.3 Å². The normalized spacial score (nSPS) is 13.0. The zero-order valence-electron chi connectivity index (χ0n) is 23.0. The van der Waals surface area contributed by atoms with Crippen molar-refractivity contribution in [2.24, 2.45) is 11.8 Å². The van der Waals surface area contributed by atoms with E-state index in [1.54, 1.807) is 14.2 Å². The zero-order chi connectivity index (χ0) is 26.5. The molecule has 2 aromatic rings. The third-order valence-corrected chi connectivity index (χ3v) is 7.10. The zero-order valence-corrected chi connectivity index (χ0v) is 23.0. The maximum atomic E-state index is 13.6. The molecule has 0 fully saturated rings. The Hall–Kier alpha value is -2.70. The van der Waals surface area contributed by atoms with Crippen molar-refractivity contribution >= 4 is 11.6 Å². The van der Waals surface area contributed by atoms with Crippen LogP contribution >= 0.6 is 0 Å². The number of ketones is 2. The summed E-state index contributed by atoms with van der Waals surface area (Å²) in [4.78, 5) is 31.8. The molecule has 0 amide bonds. The number of hydrogen-bond acceptors (Lipinski definition) is 6. The van der Waals surface area contributed by atoms with Crippen molar-refractivity contribution in [2.45, 2.75) is 40.5 Å². The van der Waals surface area contributed by atoms with Crippen molar-refractivity contribution in [1.29, 1.82) is 0 Å². The molecule has 0 bridgehead atoms. The Bertz CT molecular complexity index is 841. The van der Waals surface area contributed by atoms with Gasteiger partial charge in [0.25, 0.3) is 0 Å². The van der Waals surface area contributed by atoms with Crippen LogP contribution in [0.25, 0.3) is 0 Å². The standard InChI is InChI=1S/C30H44N2O4/c1-7-31(8-2)21-25(29(33)23-13-17-27(35-5)18-14-23)11-12-26(22-32(9-3)10-4)30(34)24-15-19-28(36-6)20-16-24/h13-20,25-26H,7-12,21-22H2,1-6H3. The summed E-state index contributed by atoms with van der Waals surface area (Å²) in [6.45, 7) is 13.4. The van der Waals surface area contributed by atoms with E-state index in [1.165, 1.54) is 0 Å². The summed E-state index contributed by atoms with van der Waals surface area (Å²) >= 11 is 0. The van der Waals surface area contributed by atoms with Crippen molar-refractivity contribution in [3.05, 3.63) is 59.7 Å². The van der Waals surface area contributed by atoms with Gasteiger partial charge in [-0.25, -0.2) is 0 Å². The van der Waals surface area contributed by atoms with Crippen molar-refractivity contribution in [2.75, 3.05) is 53.5 Å². The molecular formula is C30H44N2O4. The van der Waals surface area contributed by atoms with Crippen LogP contribution in [0.3, 0.4) is 0 Å². The predicted molar refractivity (Wildman–Crippen MR) is 146 cm³/mol. The maximum Gasteiger partial charge on any atom is 0.167 e. The summed E-state index contributed by atoms with van der Waals surface area (Å²) < 4.78 is 10.5. The van der Waals surface area contributed by atoms with Gasteiger partial charge in [-0.1, -0.05) is 27.7 Å². The third kappa shape index (κ3) is 8.45. The minimum atomic E-state index is -0.179. The number of carbonyl (C=O) groups is 2. The van der Waals surface area contributed by atoms with Crippen LogP contribution in [0.2, 0.25) is 0 Å². The minimum absolute atomic E-state index is 0.128. The first-order valence-corrected chi connectivity index (χ1v) is 13.2. The van der Waals surface area contributed by atoms with E-state index in [1.807, 2.05) is 48.5 Å². The fourth-order valence-electron chi connectivity index (χ4n) is 4.58. The number of rotatable bonds is 17. The lowest BCUT2D eigenvalue weighted by Crippen LogP contribution is -2.36. The molecule has 2 rings (SSSR count). The van der Waals surface area contributed by atoms with E-state index in [0.717, 1.165) is 37.7 Å². The quantitative estimate of drug-likeness (QED) is 0.271. The Morgan fingerprint density at radius 2 is 0.917 bits per heavy atom. The second kappa shape index (κ2) is 15.4. The Kier molecular flexibility index (Phi) is 12.6. The first kappa shape index (κ1) is 29.5. The molecule has 36 heavy (non-hydrogen) atoms. The SMILES string of the molecule is CCN(CC)CC(CCC(CN(CC)CC)C(=O)c1ccc(OC)cc1)C(=O)c1ccc(OC)cc1. The molecule has 6 heteroatoms. The van der Waals surface area contributed by atoms with E-state index >= 15 is 0 Å². The van der Waals surface area contributed by atoms with Crippen LogP contribution in [0.5, 0.6) is 11.5 Å². The highest BCUT2D eigenvalue weighted by molar-refractivity contribution is 5.99. The molecule has 0 aliphatic carbocycles. The molecule has 0 spiro atoms. The largest absolute Gasteiger partial charge is 0.497 e. The first-order chi connectivity index (χ1) is 17.4. The van der Waals surface area contributed by atoms with Crippen molar-refractivity contribution < 1.29 is 19.1 Å². The van der Waals surface area contributed by atoms with Crippen LogP contribution in [0.4, 0.5) is 0 Å². The lowest BCUT2D eigenvalue weighted by atomic mass is 9.86. The Labute approximate surface area is 217 Å². The summed E-state index contributed by atoms with van der Waals surface area (Å²) in [5, 5.41) is 0. The van der Waals surface area contributed by atoms with E-state index < -0.39 is 0 Å². The highest BCUT2D eigenvalue weighted by Crippen LogP contribution is 2.24. The molecule has 198 valence electrons. The predicted octanol–water partition coefficient (Wildman–Crippen LogP) is 5.47. The highest BCUT2D eigenvalue weighted by atomic mass is 16.5. The van der Waals surface area contributed by atoms with Crippen LogP contribution in [0.1, 0.15) is 61.3 Å². The highest BCUT2D eigenvalue weighted by Gasteiger charge is 2.27. The van der Waals surface area contributed by atoms with Gasteiger partial charge in [0.2, 0.25) is 0 Å². The van der Waals surface area contributed by atoms with E-state index in [4.69, 9.17) is 9.47 Å². The molecule has 0 saturated carbocycles. The van der Waals surface area contributed by atoms with Gasteiger partial charge in [-0.05, 0) is 87.6 Å². The van der Waals surface area contributed by atoms with Crippen molar-refractivity contribution in [3.63, 3.8) is 0 Å². The van der Waals surface area contributed by atoms with E-state index in [-0.39, 0.29) is 23.4 Å². The molecule has 2 unspecified atom stereocenters. The molecule has 0 heterocycles. The Balaban J connectivity index is 2.27. The summed E-state index contributed by atoms with van der Waals surface area (Å²) in [5.41, 5.74) is 1.38. The van der Waals surface area contributed by atoms with Crippen LogP contribution in [-0.2, 0) is 0 Å². The minimum Gasteiger partial charge on any atom is -0.497 e. The second-order valence-corrected chi connectivity index (χ2v) is 9.13. The molecule has 0 radical (unpaired) electrons. The van der Waals surface area contributed by atoms with Gasteiger partial charge in [-0.15, -0.1) is 0 Å². The van der Waals surface area contributed by atoms with Gasteiger partial charge in [0.15, 0.2) is 11.6 Å². The van der Waals surface area contributed by atoms with Crippen LogP contribution < -0.4 is 9.47 Å². The Morgan fingerprint density at radius 1 is 0.611 bits per heavy atom. The van der Waals surface area contributed by atoms with E-state index in [9.17, 15) is 9.59 Å². The summed E-state index contributed by atoms with van der Waals surface area (Å²) in [7, 11) is 3.24. The molecule has 2 atom stereocenters. The van der Waals surface area contributed by atoms with Gasteiger partial charge in [0.05, 0.1) is 14.2 Å². The van der Waals surface area contributed by atoms with Crippen LogP contribution in [0.15, 0.2) is 48.5 Å². The van der Waals surface area contributed by atoms with Gasteiger partial charge in [-0.3, -0.25) is 9.59 Å². The molecule has 0 aliphatic rings. The Morgan fingerprint density at radius 3 is 1.17 bits per heavy atom. The molecule has 0 aliphatic heterocycles. The molecular weight excluding hydrogens is 452 g/mol. The number of carbonyl (C=O) groups excluding carboxylic acids is 2. The summed E-state index contributed by atoms with van der Waals surface area (Å²) in [5.74, 6) is 1.36. The number of Topliss-reactive ketones (excluding diaryl/α,β-unsaturated/α-hetero) is 2. The lowest BCUT2D eigenvalue weighted by molar-refractivity contribution is 0.0815. The molecule has 0 saturated heterocycles. The van der Waals surface area contributed by atoms with Crippen LogP contribution in [-0.4, -0.2) is 74.9 Å². The van der Waals surface area contributed by atoms with Crippen molar-refractivity contribution in [3.8, 4) is 11.5 Å². The van der Waals surface area contributed by atoms with Gasteiger partial charge in [0, 0.05) is 36.1 Å². The fourth-order valence-corrected chi connectivity index (χ4v) is 4.58. The topological polar surface area (TPSA) is 59.1 Å². The van der Waals surface area contributed by atoms with E-state index in [0.29, 0.717) is 37.1 Å². The fraction of sp³-hybridized carbons (Fsp3) is 0.533. The molecule has 2 aromatic carbocycles. The molecule has 0 N–H and O–H groups in total. The number of nitrogens with zero attached hydrogens (tertiary/aromatic N) is 2. The summed E-state index contributed by atoms with van der Waals surface area (Å²) in [6.07, 6.45) is 1.32. The molecule has 6 nitrogen and oxygen atoms in total. The smallest absolute Gasteiger partial charge is 0.167 e. The monoisotopic (exact) mass is 496 g/mol. The number of ether oxygens (including phenoxy) is 2. The van der Waals surface area contributed by atoms with E-state index in [2.05, 4.69) is 37.5 Å². The number of methoxy groups -OCH3 is 2. The third-order valence-electron chi connectivity index (χ3n) is 7.10. The van der Waals surface area contributed by atoms with Gasteiger partial charge >= 0.3 is 0 Å². The molecule has 0 aromatic heterocycles. The second-order valence-electron chi connectivity index (χ2n) is 9.13. The number of hydrogen-bond donors (Lipinski definition) is 0. The maximum absolute atomic E-state index is 13.6. The van der Waals surface area contributed by atoms with Gasteiger partial charge in [-0.2, -0.15) is 0 Å².